The van der Waals surface area contributed by atoms with Crippen LogP contribution in [0, 0.1) is 20.2 Å². The third kappa shape index (κ3) is 2.90. The lowest BCUT2D eigenvalue weighted by molar-refractivity contribution is -0.425. The molecule has 0 radical (unpaired) electrons. The summed E-state index contributed by atoms with van der Waals surface area (Å²) in [6.45, 7) is 1.64. The Morgan fingerprint density at radius 3 is 2.41 bits per heavy atom. The molecule has 0 aliphatic heterocycles. The van der Waals surface area contributed by atoms with Gasteiger partial charge in [0.1, 0.15) is 0 Å². The number of nitro groups is 2. The fourth-order valence-electron chi connectivity index (χ4n) is 1.71. The van der Waals surface area contributed by atoms with E-state index in [9.17, 15) is 20.2 Å². The van der Waals surface area contributed by atoms with Crippen LogP contribution in [0.4, 0.5) is 11.5 Å². The van der Waals surface area contributed by atoms with Gasteiger partial charge in [0.15, 0.2) is 0 Å². The van der Waals surface area contributed by atoms with E-state index < -0.39 is 27.2 Å². The van der Waals surface area contributed by atoms with Gasteiger partial charge in [0, 0.05) is 0 Å². The average Bonchev–Trinajstić information content (AvgIpc) is 2.83. The van der Waals surface area contributed by atoms with E-state index in [0.29, 0.717) is 5.71 Å². The van der Waals surface area contributed by atoms with E-state index >= 15 is 0 Å². The van der Waals surface area contributed by atoms with Gasteiger partial charge in [-0.3, -0.25) is 10.1 Å². The summed E-state index contributed by atoms with van der Waals surface area (Å²) in [5.74, 6) is -1.30. The van der Waals surface area contributed by atoms with Crippen LogP contribution in [-0.4, -0.2) is 25.3 Å². The van der Waals surface area contributed by atoms with E-state index in [1.807, 2.05) is 6.07 Å². The second-order valence-electron chi connectivity index (χ2n) is 4.25. The Bertz CT molecular complexity index is 753. The molecule has 2 rings (SSSR count). The van der Waals surface area contributed by atoms with Crippen molar-refractivity contribution in [1.82, 2.24) is 9.78 Å². The molecule has 0 saturated carbocycles. The van der Waals surface area contributed by atoms with Gasteiger partial charge in [0.25, 0.3) is 0 Å². The van der Waals surface area contributed by atoms with Crippen LogP contribution in [0.15, 0.2) is 35.5 Å². The predicted molar refractivity (Wildman–Crippen MR) is 75.8 cm³/mol. The fraction of sp³-hybridized carbons (Fsp3) is 0.167. The molecule has 22 heavy (non-hydrogen) atoms. The number of hydrogen-bond donors (Lipinski definition) is 0. The largest absolute Gasteiger partial charge is 0.472 e. The molecule has 10 nitrogen and oxygen atoms in total. The maximum atomic E-state index is 11.0. The van der Waals surface area contributed by atoms with E-state index in [-0.39, 0.29) is 0 Å². The van der Waals surface area contributed by atoms with Crippen molar-refractivity contribution in [2.75, 3.05) is 0 Å². The van der Waals surface area contributed by atoms with Crippen LogP contribution >= 0.6 is 0 Å². The van der Waals surface area contributed by atoms with Crippen molar-refractivity contribution in [3.05, 3.63) is 56.1 Å². The van der Waals surface area contributed by atoms with Crippen LogP contribution in [0.3, 0.4) is 0 Å². The number of oxime groups is 1. The highest BCUT2D eigenvalue weighted by Gasteiger charge is 2.38. The lowest BCUT2D eigenvalue weighted by Gasteiger charge is -2.00. The molecule has 0 fully saturated rings. The highest BCUT2D eigenvalue weighted by atomic mass is 16.7. The quantitative estimate of drug-likeness (QED) is 0.472. The molecule has 0 amide bonds. The van der Waals surface area contributed by atoms with Gasteiger partial charge in [-0.05, 0) is 17.4 Å². The molecule has 114 valence electrons. The first-order valence-electron chi connectivity index (χ1n) is 6.04. The van der Waals surface area contributed by atoms with E-state index in [1.54, 1.807) is 31.2 Å². The van der Waals surface area contributed by atoms with Gasteiger partial charge in [-0.1, -0.05) is 35.5 Å². The Balaban J connectivity index is 2.38. The molecule has 1 aromatic heterocycles. The SMILES string of the molecule is C/C(=N/Oc1c([N+](=O)[O-])c([N+](=O)[O-])nn1C)c1ccccc1. The Morgan fingerprint density at radius 1 is 1.23 bits per heavy atom. The van der Waals surface area contributed by atoms with Gasteiger partial charge in [-0.15, -0.1) is 4.68 Å². The summed E-state index contributed by atoms with van der Waals surface area (Å²) >= 11 is 0. The molecular weight excluding hydrogens is 294 g/mol. The van der Waals surface area contributed by atoms with Gasteiger partial charge < -0.3 is 15.0 Å². The Hall–Kier alpha value is -3.30. The van der Waals surface area contributed by atoms with Crippen molar-refractivity contribution in [1.29, 1.82) is 0 Å². The normalized spacial score (nSPS) is 11.3. The number of benzene rings is 1. The molecule has 10 heteroatoms. The summed E-state index contributed by atoms with van der Waals surface area (Å²) < 4.78 is 0.901. The molecule has 0 saturated heterocycles. The number of nitrogens with zero attached hydrogens (tertiary/aromatic N) is 5. The number of aryl methyl sites for hydroxylation is 1. The summed E-state index contributed by atoms with van der Waals surface area (Å²) in [5, 5.41) is 29.0. The third-order valence-corrected chi connectivity index (χ3v) is 2.77. The van der Waals surface area contributed by atoms with Gasteiger partial charge in [0.05, 0.1) is 22.8 Å². The minimum absolute atomic E-state index is 0.410. The smallest absolute Gasteiger partial charge is 0.358 e. The van der Waals surface area contributed by atoms with E-state index in [0.717, 1.165) is 10.2 Å². The maximum Gasteiger partial charge on any atom is 0.472 e. The zero-order chi connectivity index (χ0) is 16.3. The highest BCUT2D eigenvalue weighted by Crippen LogP contribution is 2.35. The Labute approximate surface area is 123 Å². The molecule has 2 aromatic rings. The van der Waals surface area contributed by atoms with Crippen LogP contribution in [0.1, 0.15) is 12.5 Å². The zero-order valence-corrected chi connectivity index (χ0v) is 11.7. The van der Waals surface area contributed by atoms with Crippen molar-refractivity contribution in [3.63, 3.8) is 0 Å². The molecule has 0 bridgehead atoms. The molecule has 0 spiro atoms. The van der Waals surface area contributed by atoms with Crippen molar-refractivity contribution < 1.29 is 14.7 Å². The van der Waals surface area contributed by atoms with Crippen molar-refractivity contribution in [2.45, 2.75) is 6.92 Å². The predicted octanol–water partition coefficient (Wildman–Crippen LogP) is 2.04. The van der Waals surface area contributed by atoms with Gasteiger partial charge in [0.2, 0.25) is 0 Å². The Kier molecular flexibility index (Phi) is 4.11. The highest BCUT2D eigenvalue weighted by molar-refractivity contribution is 5.98. The monoisotopic (exact) mass is 305 g/mol. The maximum absolute atomic E-state index is 11.0. The molecule has 0 unspecified atom stereocenters. The molecule has 0 aliphatic carbocycles. The molecule has 0 N–H and O–H groups in total. The zero-order valence-electron chi connectivity index (χ0n) is 11.7. The standard InChI is InChI=1S/C12H11N5O5/c1-8(9-6-4-3-5-7-9)14-22-12-10(16(18)19)11(17(20)21)13-15(12)2/h3-7H,1-2H3/b14-8-. The van der Waals surface area contributed by atoms with Crippen LogP contribution < -0.4 is 4.84 Å². The second-order valence-corrected chi connectivity index (χ2v) is 4.25. The number of rotatable bonds is 5. The minimum Gasteiger partial charge on any atom is -0.358 e. The minimum atomic E-state index is -0.946. The first-order chi connectivity index (χ1) is 10.4. The summed E-state index contributed by atoms with van der Waals surface area (Å²) in [4.78, 5) is 24.9. The lowest BCUT2D eigenvalue weighted by Crippen LogP contribution is -2.01. The second kappa shape index (κ2) is 5.99. The van der Waals surface area contributed by atoms with Gasteiger partial charge in [-0.2, -0.15) is 0 Å². The van der Waals surface area contributed by atoms with Crippen LogP contribution in [0.5, 0.6) is 5.88 Å². The average molecular weight is 305 g/mol. The molecule has 1 aromatic carbocycles. The van der Waals surface area contributed by atoms with E-state index in [2.05, 4.69) is 10.3 Å². The Morgan fingerprint density at radius 2 is 1.86 bits per heavy atom. The number of aromatic nitrogens is 2. The summed E-state index contributed by atoms with van der Waals surface area (Å²) in [6, 6.07) is 8.98. The topological polar surface area (TPSA) is 126 Å². The van der Waals surface area contributed by atoms with E-state index in [4.69, 9.17) is 4.84 Å². The first kappa shape index (κ1) is 15.1. The molecule has 1 heterocycles. The number of hydrogen-bond acceptors (Lipinski definition) is 7. The van der Waals surface area contributed by atoms with Gasteiger partial charge in [-0.25, -0.2) is 0 Å². The van der Waals surface area contributed by atoms with Crippen molar-refractivity contribution in [3.8, 4) is 5.88 Å². The van der Waals surface area contributed by atoms with Crippen LogP contribution in [-0.2, 0) is 7.05 Å². The fourth-order valence-corrected chi connectivity index (χ4v) is 1.71. The van der Waals surface area contributed by atoms with Crippen molar-refractivity contribution in [2.24, 2.45) is 12.2 Å². The van der Waals surface area contributed by atoms with Crippen LogP contribution in [0.25, 0.3) is 0 Å². The summed E-state index contributed by atoms with van der Waals surface area (Å²) in [5.41, 5.74) is 0.373. The first-order valence-corrected chi connectivity index (χ1v) is 6.04. The van der Waals surface area contributed by atoms with E-state index in [1.165, 1.54) is 7.05 Å². The third-order valence-electron chi connectivity index (χ3n) is 2.77. The molecule has 0 aliphatic rings. The van der Waals surface area contributed by atoms with Gasteiger partial charge >= 0.3 is 17.4 Å². The summed E-state index contributed by atoms with van der Waals surface area (Å²) in [7, 11) is 1.29. The molecular formula is C12H11N5O5. The van der Waals surface area contributed by atoms with Crippen molar-refractivity contribution >= 4 is 17.2 Å². The summed E-state index contributed by atoms with van der Waals surface area (Å²) in [6.07, 6.45) is 0. The van der Waals surface area contributed by atoms with Crippen LogP contribution in [0.2, 0.25) is 0 Å². The molecule has 0 atom stereocenters. The lowest BCUT2D eigenvalue weighted by atomic mass is 10.1.